The van der Waals surface area contributed by atoms with Crippen LogP contribution in [0.5, 0.6) is 11.5 Å². The molecule has 118 valence electrons. The maximum atomic E-state index is 12.2. The van der Waals surface area contributed by atoms with Gasteiger partial charge >= 0.3 is 0 Å². The predicted molar refractivity (Wildman–Crippen MR) is 83.5 cm³/mol. The summed E-state index contributed by atoms with van der Waals surface area (Å²) in [6.45, 7) is 4.50. The highest BCUT2D eigenvalue weighted by molar-refractivity contribution is 5.76. The first-order valence-corrected chi connectivity index (χ1v) is 7.10. The van der Waals surface area contributed by atoms with Crippen LogP contribution in [0.3, 0.4) is 0 Å². The van der Waals surface area contributed by atoms with Crippen molar-refractivity contribution in [1.82, 2.24) is 4.90 Å². The average molecular weight is 294 g/mol. The Labute approximate surface area is 127 Å². The summed E-state index contributed by atoms with van der Waals surface area (Å²) in [5, 5.41) is 0. The van der Waals surface area contributed by atoms with E-state index in [1.807, 2.05) is 32.0 Å². The summed E-state index contributed by atoms with van der Waals surface area (Å²) in [5.41, 5.74) is 6.87. The van der Waals surface area contributed by atoms with E-state index in [0.29, 0.717) is 24.5 Å². The highest BCUT2D eigenvalue weighted by Crippen LogP contribution is 2.31. The van der Waals surface area contributed by atoms with E-state index < -0.39 is 0 Å². The zero-order valence-corrected chi connectivity index (χ0v) is 13.6. The van der Waals surface area contributed by atoms with Crippen molar-refractivity contribution in [2.24, 2.45) is 11.7 Å². The molecule has 0 spiro atoms. The van der Waals surface area contributed by atoms with Crippen LogP contribution in [-0.2, 0) is 11.3 Å². The van der Waals surface area contributed by atoms with E-state index >= 15 is 0 Å². The monoisotopic (exact) mass is 294 g/mol. The standard InChI is InChI=1S/C16H26N2O3/c1-11(2)13(17)9-15(19)18(3)10-12-7-6-8-14(20-4)16(12)21-5/h6-8,11,13H,9-10,17H2,1-5H3. The molecule has 0 aromatic heterocycles. The average Bonchev–Trinajstić information content (AvgIpc) is 2.46. The highest BCUT2D eigenvalue weighted by atomic mass is 16.5. The second-order valence-corrected chi connectivity index (χ2v) is 5.51. The van der Waals surface area contributed by atoms with Gasteiger partial charge in [0.05, 0.1) is 14.2 Å². The minimum atomic E-state index is -0.118. The molecule has 0 saturated carbocycles. The van der Waals surface area contributed by atoms with Crippen molar-refractivity contribution in [3.63, 3.8) is 0 Å². The lowest BCUT2D eigenvalue weighted by Crippen LogP contribution is -2.35. The molecule has 1 unspecified atom stereocenters. The summed E-state index contributed by atoms with van der Waals surface area (Å²) < 4.78 is 10.6. The molecule has 0 aliphatic heterocycles. The first-order chi connectivity index (χ1) is 9.90. The van der Waals surface area contributed by atoms with Gasteiger partial charge in [-0.3, -0.25) is 4.79 Å². The molecule has 1 aromatic rings. The Bertz CT molecular complexity index is 475. The number of hydrogen-bond donors (Lipinski definition) is 1. The van der Waals surface area contributed by atoms with E-state index in [9.17, 15) is 4.79 Å². The molecule has 1 rings (SSSR count). The Morgan fingerprint density at radius 1 is 1.29 bits per heavy atom. The van der Waals surface area contributed by atoms with Crippen LogP contribution in [0.2, 0.25) is 0 Å². The van der Waals surface area contributed by atoms with Crippen LogP contribution in [0, 0.1) is 5.92 Å². The molecule has 1 aromatic carbocycles. The van der Waals surface area contributed by atoms with Crippen molar-refractivity contribution in [2.45, 2.75) is 32.9 Å². The number of ether oxygens (including phenoxy) is 2. The van der Waals surface area contributed by atoms with Crippen molar-refractivity contribution in [3.05, 3.63) is 23.8 Å². The summed E-state index contributed by atoms with van der Waals surface area (Å²) >= 11 is 0. The normalized spacial score (nSPS) is 12.1. The van der Waals surface area contributed by atoms with Crippen molar-refractivity contribution >= 4 is 5.91 Å². The Hall–Kier alpha value is -1.75. The highest BCUT2D eigenvalue weighted by Gasteiger charge is 2.18. The number of benzene rings is 1. The number of nitrogens with two attached hydrogens (primary N) is 1. The number of carbonyl (C=O) groups is 1. The summed E-state index contributed by atoms with van der Waals surface area (Å²) in [7, 11) is 4.96. The van der Waals surface area contributed by atoms with Crippen molar-refractivity contribution in [3.8, 4) is 11.5 Å². The van der Waals surface area contributed by atoms with Crippen LogP contribution in [0.25, 0.3) is 0 Å². The van der Waals surface area contributed by atoms with Crippen LogP contribution in [-0.4, -0.2) is 38.1 Å². The molecule has 1 atom stereocenters. The zero-order chi connectivity index (χ0) is 16.0. The molecule has 5 nitrogen and oxygen atoms in total. The van der Waals surface area contributed by atoms with Gasteiger partial charge in [0.25, 0.3) is 0 Å². The number of amides is 1. The maximum Gasteiger partial charge on any atom is 0.224 e. The van der Waals surface area contributed by atoms with Gasteiger partial charge in [-0.1, -0.05) is 26.0 Å². The van der Waals surface area contributed by atoms with Gasteiger partial charge in [0, 0.05) is 31.6 Å². The van der Waals surface area contributed by atoms with E-state index in [-0.39, 0.29) is 17.9 Å². The van der Waals surface area contributed by atoms with E-state index in [4.69, 9.17) is 15.2 Å². The number of methoxy groups -OCH3 is 2. The third kappa shape index (κ3) is 4.63. The predicted octanol–water partition coefficient (Wildman–Crippen LogP) is 2.04. The van der Waals surface area contributed by atoms with E-state index in [0.717, 1.165) is 5.56 Å². The Kier molecular flexibility index (Phi) is 6.49. The summed E-state index contributed by atoms with van der Waals surface area (Å²) in [6.07, 6.45) is 0.348. The quantitative estimate of drug-likeness (QED) is 0.836. The molecule has 21 heavy (non-hydrogen) atoms. The third-order valence-corrected chi connectivity index (χ3v) is 3.58. The Morgan fingerprint density at radius 3 is 2.48 bits per heavy atom. The molecule has 0 heterocycles. The SMILES string of the molecule is COc1cccc(CN(C)C(=O)CC(N)C(C)C)c1OC. The lowest BCUT2D eigenvalue weighted by molar-refractivity contribution is -0.131. The topological polar surface area (TPSA) is 64.8 Å². The largest absolute Gasteiger partial charge is 0.493 e. The second-order valence-electron chi connectivity index (χ2n) is 5.51. The summed E-state index contributed by atoms with van der Waals surface area (Å²) in [6, 6.07) is 5.52. The fourth-order valence-electron chi connectivity index (χ4n) is 2.02. The van der Waals surface area contributed by atoms with Gasteiger partial charge in [0.2, 0.25) is 5.91 Å². The van der Waals surface area contributed by atoms with Gasteiger partial charge in [0.1, 0.15) is 0 Å². The molecule has 0 aliphatic carbocycles. The smallest absolute Gasteiger partial charge is 0.224 e. The lowest BCUT2D eigenvalue weighted by atomic mass is 10.0. The van der Waals surface area contributed by atoms with Crippen molar-refractivity contribution in [2.75, 3.05) is 21.3 Å². The number of rotatable bonds is 7. The molecule has 5 heteroatoms. The van der Waals surface area contributed by atoms with Gasteiger partial charge in [0.15, 0.2) is 11.5 Å². The van der Waals surface area contributed by atoms with Crippen LogP contribution in [0.15, 0.2) is 18.2 Å². The fraction of sp³-hybridized carbons (Fsp3) is 0.562. The Morgan fingerprint density at radius 2 is 1.95 bits per heavy atom. The van der Waals surface area contributed by atoms with Gasteiger partial charge in [-0.25, -0.2) is 0 Å². The van der Waals surface area contributed by atoms with Crippen molar-refractivity contribution < 1.29 is 14.3 Å². The van der Waals surface area contributed by atoms with E-state index in [1.54, 1.807) is 26.2 Å². The van der Waals surface area contributed by atoms with Crippen LogP contribution >= 0.6 is 0 Å². The first kappa shape index (κ1) is 17.3. The number of hydrogen-bond acceptors (Lipinski definition) is 4. The molecular formula is C16H26N2O3. The lowest BCUT2D eigenvalue weighted by Gasteiger charge is -2.22. The van der Waals surface area contributed by atoms with Crippen molar-refractivity contribution in [1.29, 1.82) is 0 Å². The van der Waals surface area contributed by atoms with Gasteiger partial charge in [-0.15, -0.1) is 0 Å². The molecule has 2 N–H and O–H groups in total. The van der Waals surface area contributed by atoms with Crippen LogP contribution < -0.4 is 15.2 Å². The first-order valence-electron chi connectivity index (χ1n) is 7.10. The van der Waals surface area contributed by atoms with Crippen LogP contribution in [0.1, 0.15) is 25.8 Å². The van der Waals surface area contributed by atoms with Gasteiger partial charge < -0.3 is 20.1 Å². The van der Waals surface area contributed by atoms with Gasteiger partial charge in [-0.2, -0.15) is 0 Å². The zero-order valence-electron chi connectivity index (χ0n) is 13.6. The van der Waals surface area contributed by atoms with E-state index in [2.05, 4.69) is 0 Å². The summed E-state index contributed by atoms with van der Waals surface area (Å²) in [4.78, 5) is 13.9. The second kappa shape index (κ2) is 7.88. The number of nitrogens with zero attached hydrogens (tertiary/aromatic N) is 1. The molecule has 1 amide bonds. The molecular weight excluding hydrogens is 268 g/mol. The minimum absolute atomic E-state index is 0.0288. The molecule has 0 saturated heterocycles. The number of carbonyl (C=O) groups excluding carboxylic acids is 1. The van der Waals surface area contributed by atoms with Gasteiger partial charge in [-0.05, 0) is 12.0 Å². The molecule has 0 bridgehead atoms. The maximum absolute atomic E-state index is 12.2. The fourth-order valence-corrected chi connectivity index (χ4v) is 2.02. The molecule has 0 aliphatic rings. The van der Waals surface area contributed by atoms with Crippen LogP contribution in [0.4, 0.5) is 0 Å². The summed E-state index contributed by atoms with van der Waals surface area (Å²) in [5.74, 6) is 1.64. The molecule has 0 fully saturated rings. The number of para-hydroxylation sites is 1. The minimum Gasteiger partial charge on any atom is -0.493 e. The molecule has 0 radical (unpaired) electrons. The third-order valence-electron chi connectivity index (χ3n) is 3.58. The Balaban J connectivity index is 2.79. The van der Waals surface area contributed by atoms with E-state index in [1.165, 1.54) is 0 Å².